The maximum absolute atomic E-state index is 12.4. The Morgan fingerprint density at radius 1 is 1.08 bits per heavy atom. The Morgan fingerprint density at radius 2 is 1.76 bits per heavy atom. The smallest absolute Gasteiger partial charge is 0.273 e. The van der Waals surface area contributed by atoms with Gasteiger partial charge in [-0.3, -0.25) is 4.79 Å². The Bertz CT molecular complexity index is 700. The summed E-state index contributed by atoms with van der Waals surface area (Å²) >= 11 is 3.17. The molecule has 8 heteroatoms. The third-order valence-corrected chi connectivity index (χ3v) is 6.96. The summed E-state index contributed by atoms with van der Waals surface area (Å²) in [5.74, 6) is 1.63. The van der Waals surface area contributed by atoms with Gasteiger partial charge in [0.15, 0.2) is 0 Å². The van der Waals surface area contributed by atoms with Crippen LogP contribution in [0.3, 0.4) is 0 Å². The Morgan fingerprint density at radius 3 is 2.32 bits per heavy atom. The van der Waals surface area contributed by atoms with Crippen molar-refractivity contribution in [3.63, 3.8) is 0 Å². The number of aromatic nitrogens is 3. The van der Waals surface area contributed by atoms with Gasteiger partial charge in [-0.05, 0) is 44.4 Å². The molecule has 134 valence electrons. The first-order chi connectivity index (χ1) is 12.2. The van der Waals surface area contributed by atoms with Crippen LogP contribution < -0.4 is 4.90 Å². The van der Waals surface area contributed by atoms with E-state index in [0.29, 0.717) is 5.69 Å². The van der Waals surface area contributed by atoms with Crippen LogP contribution in [0, 0.1) is 18.8 Å². The summed E-state index contributed by atoms with van der Waals surface area (Å²) in [7, 11) is 0. The van der Waals surface area contributed by atoms with Crippen molar-refractivity contribution in [2.24, 2.45) is 11.8 Å². The van der Waals surface area contributed by atoms with Gasteiger partial charge in [-0.2, -0.15) is 0 Å². The fourth-order valence-electron chi connectivity index (χ4n) is 4.03. The molecule has 2 saturated heterocycles. The quantitative estimate of drug-likeness (QED) is 0.823. The molecule has 0 bridgehead atoms. The molecule has 4 heterocycles. The highest BCUT2D eigenvalue weighted by Crippen LogP contribution is 2.34. The minimum Gasteiger partial charge on any atom is -0.347 e. The van der Waals surface area contributed by atoms with Crippen molar-refractivity contribution in [2.75, 3.05) is 31.1 Å². The number of amides is 1. The third kappa shape index (κ3) is 3.69. The molecule has 2 aliphatic rings. The van der Waals surface area contributed by atoms with Crippen LogP contribution in [0.25, 0.3) is 0 Å². The maximum atomic E-state index is 12.4. The molecule has 0 atom stereocenters. The summed E-state index contributed by atoms with van der Waals surface area (Å²) in [5, 5.41) is 12.4. The lowest BCUT2D eigenvalue weighted by Gasteiger charge is -2.40. The summed E-state index contributed by atoms with van der Waals surface area (Å²) < 4.78 is 0. The zero-order valence-electron chi connectivity index (χ0n) is 14.4. The molecule has 0 spiro atoms. The number of rotatable bonds is 3. The molecule has 0 radical (unpaired) electrons. The SMILES string of the molecule is Cc1nnc(N2CCC(C3CCN(C(=O)c4cscn4)CC3)CC2)s1. The van der Waals surface area contributed by atoms with Gasteiger partial charge in [0.1, 0.15) is 10.7 Å². The van der Waals surface area contributed by atoms with E-state index >= 15 is 0 Å². The number of carbonyl (C=O) groups is 1. The molecule has 2 aromatic heterocycles. The second-order valence-corrected chi connectivity index (χ2v) is 8.81. The molecule has 0 unspecified atom stereocenters. The van der Waals surface area contributed by atoms with Gasteiger partial charge in [0.25, 0.3) is 5.91 Å². The van der Waals surface area contributed by atoms with Crippen LogP contribution in [0.2, 0.25) is 0 Å². The van der Waals surface area contributed by atoms with Gasteiger partial charge in [-0.25, -0.2) is 4.98 Å². The van der Waals surface area contributed by atoms with Crippen molar-refractivity contribution in [2.45, 2.75) is 32.6 Å². The van der Waals surface area contributed by atoms with E-state index in [-0.39, 0.29) is 5.91 Å². The Labute approximate surface area is 155 Å². The van der Waals surface area contributed by atoms with E-state index in [4.69, 9.17) is 0 Å². The Kier molecular flexibility index (Phi) is 4.98. The van der Waals surface area contributed by atoms with Crippen LogP contribution in [-0.4, -0.2) is 52.2 Å². The standard InChI is InChI=1S/C17H23N5OS2/c1-12-19-20-17(25-12)22-8-4-14(5-9-22)13-2-6-21(7-3-13)16(23)15-10-24-11-18-15/h10-11,13-14H,2-9H2,1H3. The number of likely N-dealkylation sites (tertiary alicyclic amines) is 1. The van der Waals surface area contributed by atoms with Crippen molar-refractivity contribution in [1.82, 2.24) is 20.1 Å². The minimum atomic E-state index is 0.0983. The number of anilines is 1. The second-order valence-electron chi connectivity index (χ2n) is 6.93. The Hall–Kier alpha value is -1.54. The molecule has 0 aromatic carbocycles. The summed E-state index contributed by atoms with van der Waals surface area (Å²) in [5.41, 5.74) is 2.33. The molecule has 25 heavy (non-hydrogen) atoms. The van der Waals surface area contributed by atoms with Crippen LogP contribution in [0.1, 0.15) is 41.2 Å². The summed E-state index contributed by atoms with van der Waals surface area (Å²) in [4.78, 5) is 20.9. The van der Waals surface area contributed by atoms with Crippen molar-refractivity contribution in [3.05, 3.63) is 21.6 Å². The number of thiazole rings is 1. The molecular formula is C17H23N5OS2. The second kappa shape index (κ2) is 7.37. The van der Waals surface area contributed by atoms with Crippen LogP contribution in [-0.2, 0) is 0 Å². The van der Waals surface area contributed by atoms with E-state index in [1.807, 2.05) is 17.2 Å². The van der Waals surface area contributed by atoms with Crippen LogP contribution >= 0.6 is 22.7 Å². The van der Waals surface area contributed by atoms with Crippen LogP contribution in [0.4, 0.5) is 5.13 Å². The normalized spacial score (nSPS) is 20.2. The van der Waals surface area contributed by atoms with E-state index in [9.17, 15) is 4.79 Å². The lowest BCUT2D eigenvalue weighted by Crippen LogP contribution is -2.43. The van der Waals surface area contributed by atoms with Gasteiger partial charge in [0, 0.05) is 31.6 Å². The Balaban J connectivity index is 1.27. The summed E-state index contributed by atoms with van der Waals surface area (Å²) in [6.07, 6.45) is 4.70. The zero-order chi connectivity index (χ0) is 17.2. The highest BCUT2D eigenvalue weighted by atomic mass is 32.1. The number of aryl methyl sites for hydroxylation is 1. The molecule has 2 aromatic rings. The van der Waals surface area contributed by atoms with Gasteiger partial charge in [-0.15, -0.1) is 21.5 Å². The molecule has 4 rings (SSSR count). The third-order valence-electron chi connectivity index (χ3n) is 5.47. The first-order valence-electron chi connectivity index (χ1n) is 8.93. The summed E-state index contributed by atoms with van der Waals surface area (Å²) in [6, 6.07) is 0. The molecule has 1 amide bonds. The highest BCUT2D eigenvalue weighted by Gasteiger charge is 2.32. The largest absolute Gasteiger partial charge is 0.347 e. The van der Waals surface area contributed by atoms with E-state index in [1.54, 1.807) is 16.8 Å². The minimum absolute atomic E-state index is 0.0983. The number of nitrogens with zero attached hydrogens (tertiary/aromatic N) is 5. The van der Waals surface area contributed by atoms with Crippen LogP contribution in [0.5, 0.6) is 0 Å². The number of hydrogen-bond acceptors (Lipinski definition) is 7. The zero-order valence-corrected chi connectivity index (χ0v) is 16.1. The fourth-order valence-corrected chi connectivity index (χ4v) is 5.30. The lowest BCUT2D eigenvalue weighted by atomic mass is 9.79. The lowest BCUT2D eigenvalue weighted by molar-refractivity contribution is 0.0640. The topological polar surface area (TPSA) is 62.2 Å². The van der Waals surface area contributed by atoms with Gasteiger partial charge in [-0.1, -0.05) is 11.3 Å². The van der Waals surface area contributed by atoms with Gasteiger partial charge in [0.2, 0.25) is 5.13 Å². The number of carbonyl (C=O) groups excluding carboxylic acids is 1. The predicted octanol–water partition coefficient (Wildman–Crippen LogP) is 3.07. The molecule has 2 aliphatic heterocycles. The molecular weight excluding hydrogens is 354 g/mol. The predicted molar refractivity (Wildman–Crippen MR) is 100 cm³/mol. The van der Waals surface area contributed by atoms with Gasteiger partial charge in [0.05, 0.1) is 5.51 Å². The van der Waals surface area contributed by atoms with Crippen molar-refractivity contribution < 1.29 is 4.79 Å². The average Bonchev–Trinajstić information content (AvgIpc) is 3.33. The molecule has 0 saturated carbocycles. The molecule has 0 N–H and O–H groups in total. The molecule has 0 aliphatic carbocycles. The van der Waals surface area contributed by atoms with E-state index in [1.165, 1.54) is 24.2 Å². The fraction of sp³-hybridized carbons (Fsp3) is 0.647. The number of piperidine rings is 2. The van der Waals surface area contributed by atoms with E-state index < -0.39 is 0 Å². The van der Waals surface area contributed by atoms with E-state index in [2.05, 4.69) is 20.1 Å². The monoisotopic (exact) mass is 377 g/mol. The van der Waals surface area contributed by atoms with Crippen molar-refractivity contribution in [3.8, 4) is 0 Å². The average molecular weight is 378 g/mol. The van der Waals surface area contributed by atoms with Gasteiger partial charge >= 0.3 is 0 Å². The van der Waals surface area contributed by atoms with Crippen molar-refractivity contribution >= 4 is 33.7 Å². The maximum Gasteiger partial charge on any atom is 0.273 e. The molecule has 6 nitrogen and oxygen atoms in total. The van der Waals surface area contributed by atoms with Gasteiger partial charge < -0.3 is 9.80 Å². The summed E-state index contributed by atoms with van der Waals surface area (Å²) in [6.45, 7) is 5.91. The first kappa shape index (κ1) is 16.9. The highest BCUT2D eigenvalue weighted by molar-refractivity contribution is 7.15. The van der Waals surface area contributed by atoms with Crippen LogP contribution in [0.15, 0.2) is 10.9 Å². The first-order valence-corrected chi connectivity index (χ1v) is 10.7. The molecule has 2 fully saturated rings. The van der Waals surface area contributed by atoms with E-state index in [0.717, 1.165) is 61.0 Å². The van der Waals surface area contributed by atoms with Crippen molar-refractivity contribution in [1.29, 1.82) is 0 Å². The number of hydrogen-bond donors (Lipinski definition) is 0.